The van der Waals surface area contributed by atoms with Crippen molar-refractivity contribution in [3.63, 3.8) is 0 Å². The average molecular weight is 420 g/mol. The maximum absolute atomic E-state index is 14.5. The largest absolute Gasteiger partial charge is 0.480 e. The average Bonchev–Trinajstić information content (AvgIpc) is 3.07. The van der Waals surface area contributed by atoms with E-state index in [1.807, 2.05) is 0 Å². The molecule has 0 aliphatic carbocycles. The van der Waals surface area contributed by atoms with E-state index in [9.17, 15) is 31.9 Å². The van der Waals surface area contributed by atoms with Crippen LogP contribution in [0.5, 0.6) is 0 Å². The van der Waals surface area contributed by atoms with E-state index >= 15 is 0 Å². The van der Waals surface area contributed by atoms with E-state index in [0.717, 1.165) is 24.3 Å². The van der Waals surface area contributed by atoms with Gasteiger partial charge in [-0.3, -0.25) is 9.69 Å². The molecule has 0 radical (unpaired) electrons. The van der Waals surface area contributed by atoms with Gasteiger partial charge in [0.15, 0.2) is 0 Å². The first-order valence-electron chi connectivity index (χ1n) is 8.39. The van der Waals surface area contributed by atoms with Crippen molar-refractivity contribution in [1.29, 1.82) is 0 Å². The Morgan fingerprint density at radius 1 is 1.18 bits per heavy atom. The zero-order chi connectivity index (χ0) is 20.6. The van der Waals surface area contributed by atoms with Gasteiger partial charge in [-0.25, -0.2) is 8.78 Å². The number of carbonyl (C=O) groups is 1. The van der Waals surface area contributed by atoms with Crippen molar-refractivity contribution in [3.05, 3.63) is 69.7 Å². The molecule has 2 aromatic carbocycles. The third-order valence-electron chi connectivity index (χ3n) is 4.78. The van der Waals surface area contributed by atoms with Gasteiger partial charge in [0.05, 0.1) is 16.6 Å². The first-order chi connectivity index (χ1) is 13.1. The smallest absolute Gasteiger partial charge is 0.417 e. The summed E-state index contributed by atoms with van der Waals surface area (Å²) in [6, 6.07) is 3.71. The van der Waals surface area contributed by atoms with E-state index in [0.29, 0.717) is 12.5 Å². The van der Waals surface area contributed by atoms with Gasteiger partial charge in [-0.2, -0.15) is 13.2 Å². The van der Waals surface area contributed by atoms with Gasteiger partial charge < -0.3 is 5.11 Å². The number of halogens is 6. The molecule has 28 heavy (non-hydrogen) atoms. The lowest BCUT2D eigenvalue weighted by Crippen LogP contribution is -2.39. The molecule has 3 nitrogen and oxygen atoms in total. The lowest BCUT2D eigenvalue weighted by molar-refractivity contribution is -0.143. The zero-order valence-corrected chi connectivity index (χ0v) is 15.1. The lowest BCUT2D eigenvalue weighted by Gasteiger charge is -2.32. The molecule has 0 aromatic heterocycles. The molecule has 1 heterocycles. The minimum Gasteiger partial charge on any atom is -0.480 e. The number of nitrogens with zero attached hydrogens (tertiary/aromatic N) is 1. The summed E-state index contributed by atoms with van der Waals surface area (Å²) in [6.07, 6.45) is -3.99. The van der Waals surface area contributed by atoms with Crippen molar-refractivity contribution in [2.45, 2.75) is 31.1 Å². The van der Waals surface area contributed by atoms with Crippen LogP contribution < -0.4 is 0 Å². The summed E-state index contributed by atoms with van der Waals surface area (Å²) in [4.78, 5) is 13.0. The molecule has 2 aromatic rings. The molecule has 1 aliphatic heterocycles. The van der Waals surface area contributed by atoms with Crippen LogP contribution in [0.25, 0.3) is 0 Å². The second kappa shape index (κ2) is 7.67. The van der Waals surface area contributed by atoms with E-state index in [1.165, 1.54) is 11.0 Å². The van der Waals surface area contributed by atoms with Crippen LogP contribution in [0.4, 0.5) is 22.0 Å². The van der Waals surface area contributed by atoms with Gasteiger partial charge in [-0.05, 0) is 36.6 Å². The standard InChI is InChI=1S/C19H15ClF5NO2/c20-14-6-3-10(8-13(14)19(23,24)25)17(12-5-4-11(21)9-15(12)22)26-7-1-2-16(26)18(27)28/h3-6,8-9,16-17H,1-2,7H2,(H,27,28). The van der Waals surface area contributed by atoms with Crippen LogP contribution in [-0.4, -0.2) is 28.6 Å². The van der Waals surface area contributed by atoms with Crippen molar-refractivity contribution in [1.82, 2.24) is 4.90 Å². The quantitative estimate of drug-likeness (QED) is 0.686. The van der Waals surface area contributed by atoms with E-state index in [1.54, 1.807) is 0 Å². The van der Waals surface area contributed by atoms with Gasteiger partial charge in [0.25, 0.3) is 0 Å². The molecule has 1 N–H and O–H groups in total. The molecule has 0 saturated carbocycles. The molecular weight excluding hydrogens is 405 g/mol. The van der Waals surface area contributed by atoms with Crippen LogP contribution in [0.2, 0.25) is 5.02 Å². The van der Waals surface area contributed by atoms with Gasteiger partial charge in [-0.15, -0.1) is 0 Å². The number of benzene rings is 2. The predicted octanol–water partition coefficient (Wildman–Crippen LogP) is 5.28. The number of hydrogen-bond acceptors (Lipinski definition) is 2. The molecule has 0 amide bonds. The fourth-order valence-electron chi connectivity index (χ4n) is 3.57. The van der Waals surface area contributed by atoms with Crippen LogP contribution in [0, 0.1) is 11.6 Å². The van der Waals surface area contributed by atoms with Crippen molar-refractivity contribution >= 4 is 17.6 Å². The summed E-state index contributed by atoms with van der Waals surface area (Å²) in [5, 5.41) is 8.95. The summed E-state index contributed by atoms with van der Waals surface area (Å²) >= 11 is 5.67. The van der Waals surface area contributed by atoms with Gasteiger partial charge >= 0.3 is 12.1 Å². The molecule has 1 saturated heterocycles. The Morgan fingerprint density at radius 2 is 1.89 bits per heavy atom. The lowest BCUT2D eigenvalue weighted by atomic mass is 9.94. The fraction of sp³-hybridized carbons (Fsp3) is 0.316. The fourth-order valence-corrected chi connectivity index (χ4v) is 3.79. The Kier molecular flexibility index (Phi) is 5.63. The molecule has 0 bridgehead atoms. The van der Waals surface area contributed by atoms with Gasteiger partial charge in [0.1, 0.15) is 17.7 Å². The summed E-state index contributed by atoms with van der Waals surface area (Å²) in [5.41, 5.74) is -1.19. The Bertz CT molecular complexity index is 902. The number of carboxylic acids is 1. The minimum atomic E-state index is -4.74. The Morgan fingerprint density at radius 3 is 2.50 bits per heavy atom. The molecule has 1 aliphatic rings. The molecule has 150 valence electrons. The number of rotatable bonds is 4. The minimum absolute atomic E-state index is 0.0235. The number of alkyl halides is 3. The van der Waals surface area contributed by atoms with Crippen LogP contribution >= 0.6 is 11.6 Å². The van der Waals surface area contributed by atoms with E-state index in [-0.39, 0.29) is 24.1 Å². The number of carboxylic acid groups (broad SMARTS) is 1. The highest BCUT2D eigenvalue weighted by atomic mass is 35.5. The highest BCUT2D eigenvalue weighted by molar-refractivity contribution is 6.31. The molecule has 2 unspecified atom stereocenters. The molecule has 1 fully saturated rings. The van der Waals surface area contributed by atoms with Crippen molar-refractivity contribution < 1.29 is 31.9 Å². The second-order valence-electron chi connectivity index (χ2n) is 6.54. The van der Waals surface area contributed by atoms with Crippen LogP contribution in [0.3, 0.4) is 0 Å². The monoisotopic (exact) mass is 419 g/mol. The summed E-state index contributed by atoms with van der Waals surface area (Å²) in [7, 11) is 0. The number of likely N-dealkylation sites (tertiary alicyclic amines) is 1. The van der Waals surface area contributed by atoms with Gasteiger partial charge in [0, 0.05) is 18.2 Å². The van der Waals surface area contributed by atoms with E-state index < -0.39 is 46.4 Å². The molecular formula is C19H15ClF5NO2. The Balaban J connectivity index is 2.18. The molecule has 2 atom stereocenters. The molecule has 0 spiro atoms. The first-order valence-corrected chi connectivity index (χ1v) is 8.77. The Hall–Kier alpha value is -2.19. The molecule has 9 heteroatoms. The van der Waals surface area contributed by atoms with E-state index in [4.69, 9.17) is 11.6 Å². The Labute approximate surface area is 162 Å². The maximum Gasteiger partial charge on any atom is 0.417 e. The van der Waals surface area contributed by atoms with E-state index in [2.05, 4.69) is 0 Å². The predicted molar refractivity (Wildman–Crippen MR) is 92.0 cm³/mol. The van der Waals surface area contributed by atoms with Crippen molar-refractivity contribution in [2.24, 2.45) is 0 Å². The second-order valence-corrected chi connectivity index (χ2v) is 6.95. The topological polar surface area (TPSA) is 40.5 Å². The SMILES string of the molecule is O=C(O)C1CCCN1C(c1ccc(Cl)c(C(F)(F)F)c1)c1ccc(F)cc1F. The van der Waals surface area contributed by atoms with Crippen molar-refractivity contribution in [3.8, 4) is 0 Å². The summed E-state index contributed by atoms with van der Waals surface area (Å²) < 4.78 is 67.8. The summed E-state index contributed by atoms with van der Waals surface area (Å²) in [6.45, 7) is 0.239. The first kappa shape index (κ1) is 20.5. The highest BCUT2D eigenvalue weighted by Gasteiger charge is 2.39. The normalized spacial score (nSPS) is 19.0. The van der Waals surface area contributed by atoms with Crippen molar-refractivity contribution in [2.75, 3.05) is 6.54 Å². The third kappa shape index (κ3) is 3.98. The zero-order valence-electron chi connectivity index (χ0n) is 14.3. The number of hydrogen-bond donors (Lipinski definition) is 1. The van der Waals surface area contributed by atoms with Gasteiger partial charge in [-0.1, -0.05) is 23.7 Å². The van der Waals surface area contributed by atoms with Crippen LogP contribution in [0.15, 0.2) is 36.4 Å². The van der Waals surface area contributed by atoms with Crippen LogP contribution in [0.1, 0.15) is 35.6 Å². The van der Waals surface area contributed by atoms with Gasteiger partial charge in [0.2, 0.25) is 0 Å². The molecule has 3 rings (SSSR count). The van der Waals surface area contributed by atoms with Crippen LogP contribution in [-0.2, 0) is 11.0 Å². The maximum atomic E-state index is 14.5. The number of aliphatic carboxylic acids is 1. The third-order valence-corrected chi connectivity index (χ3v) is 5.11. The highest BCUT2D eigenvalue weighted by Crippen LogP contribution is 2.41. The summed E-state index contributed by atoms with van der Waals surface area (Å²) in [5.74, 6) is -2.97.